The third kappa shape index (κ3) is 2.72. The van der Waals surface area contributed by atoms with Crippen LogP contribution in [0.4, 0.5) is 0 Å². The molecule has 2 rings (SSSR count). The summed E-state index contributed by atoms with van der Waals surface area (Å²) in [5.74, 6) is 1.01. The Morgan fingerprint density at radius 3 is 2.71 bits per heavy atom. The van der Waals surface area contributed by atoms with Gasteiger partial charge in [0.05, 0.1) is 12.3 Å². The van der Waals surface area contributed by atoms with E-state index in [4.69, 9.17) is 10.2 Å². The molecule has 0 saturated carbocycles. The standard InChI is InChI=1S/C14H24N2O/c1-14(2,3)16-9-5-4-7-11(15)13(16)12-8-6-10-17-12/h6,8,10-11,13H,4-5,7,9,15H2,1-3H3. The van der Waals surface area contributed by atoms with Gasteiger partial charge in [-0.25, -0.2) is 0 Å². The van der Waals surface area contributed by atoms with Gasteiger partial charge >= 0.3 is 0 Å². The maximum atomic E-state index is 6.36. The molecule has 0 radical (unpaired) electrons. The first kappa shape index (κ1) is 12.7. The lowest BCUT2D eigenvalue weighted by Crippen LogP contribution is -2.49. The number of nitrogens with two attached hydrogens (primary N) is 1. The molecule has 2 unspecified atom stereocenters. The summed E-state index contributed by atoms with van der Waals surface area (Å²) in [6.45, 7) is 7.85. The van der Waals surface area contributed by atoms with E-state index in [0.717, 1.165) is 18.7 Å². The number of nitrogens with zero attached hydrogens (tertiary/aromatic N) is 1. The third-order valence-corrected chi connectivity index (χ3v) is 3.62. The van der Waals surface area contributed by atoms with Crippen molar-refractivity contribution in [3.63, 3.8) is 0 Å². The zero-order valence-corrected chi connectivity index (χ0v) is 11.1. The summed E-state index contributed by atoms with van der Waals surface area (Å²) in [5, 5.41) is 0. The van der Waals surface area contributed by atoms with Gasteiger partial charge in [0.1, 0.15) is 5.76 Å². The van der Waals surface area contributed by atoms with Gasteiger partial charge in [-0.2, -0.15) is 0 Å². The molecule has 2 atom stereocenters. The molecule has 1 aromatic heterocycles. The Bertz CT molecular complexity index is 340. The number of likely N-dealkylation sites (tertiary alicyclic amines) is 1. The Labute approximate surface area is 104 Å². The van der Waals surface area contributed by atoms with E-state index in [1.807, 2.05) is 6.07 Å². The summed E-state index contributed by atoms with van der Waals surface area (Å²) in [6, 6.07) is 4.39. The molecule has 3 nitrogen and oxygen atoms in total. The molecule has 0 spiro atoms. The van der Waals surface area contributed by atoms with Gasteiger partial charge in [-0.05, 0) is 52.3 Å². The number of hydrogen-bond acceptors (Lipinski definition) is 3. The van der Waals surface area contributed by atoms with Crippen molar-refractivity contribution in [2.45, 2.75) is 57.7 Å². The van der Waals surface area contributed by atoms with E-state index in [-0.39, 0.29) is 17.6 Å². The van der Waals surface area contributed by atoms with Crippen LogP contribution in [0.15, 0.2) is 22.8 Å². The van der Waals surface area contributed by atoms with Crippen molar-refractivity contribution in [2.75, 3.05) is 6.54 Å². The van der Waals surface area contributed by atoms with Gasteiger partial charge in [-0.3, -0.25) is 4.90 Å². The zero-order valence-electron chi connectivity index (χ0n) is 11.1. The summed E-state index contributed by atoms with van der Waals surface area (Å²) < 4.78 is 5.60. The van der Waals surface area contributed by atoms with Crippen LogP contribution < -0.4 is 5.73 Å². The first-order valence-corrected chi connectivity index (χ1v) is 6.56. The van der Waals surface area contributed by atoms with Crippen molar-refractivity contribution in [3.05, 3.63) is 24.2 Å². The molecule has 3 heteroatoms. The monoisotopic (exact) mass is 236 g/mol. The maximum absolute atomic E-state index is 6.36. The van der Waals surface area contributed by atoms with E-state index < -0.39 is 0 Å². The second-order valence-corrected chi connectivity index (χ2v) is 5.98. The number of rotatable bonds is 1. The summed E-state index contributed by atoms with van der Waals surface area (Å²) >= 11 is 0. The second-order valence-electron chi connectivity index (χ2n) is 5.98. The van der Waals surface area contributed by atoms with E-state index in [0.29, 0.717) is 0 Å². The van der Waals surface area contributed by atoms with E-state index in [2.05, 4.69) is 31.7 Å². The molecule has 0 amide bonds. The molecule has 17 heavy (non-hydrogen) atoms. The van der Waals surface area contributed by atoms with Crippen molar-refractivity contribution < 1.29 is 4.42 Å². The Morgan fingerprint density at radius 1 is 1.35 bits per heavy atom. The molecule has 0 aliphatic carbocycles. The van der Waals surface area contributed by atoms with Crippen molar-refractivity contribution >= 4 is 0 Å². The molecule has 96 valence electrons. The molecule has 1 fully saturated rings. The minimum absolute atomic E-state index is 0.124. The van der Waals surface area contributed by atoms with Gasteiger partial charge < -0.3 is 10.2 Å². The van der Waals surface area contributed by atoms with Crippen LogP contribution in [0.3, 0.4) is 0 Å². The Morgan fingerprint density at radius 2 is 2.12 bits per heavy atom. The minimum atomic E-state index is 0.124. The highest BCUT2D eigenvalue weighted by Crippen LogP contribution is 2.34. The van der Waals surface area contributed by atoms with E-state index in [1.165, 1.54) is 12.8 Å². The average Bonchev–Trinajstić information content (AvgIpc) is 2.67. The maximum Gasteiger partial charge on any atom is 0.122 e. The lowest BCUT2D eigenvalue weighted by Gasteiger charge is -2.41. The Kier molecular flexibility index (Phi) is 3.59. The first-order chi connectivity index (χ1) is 8.00. The average molecular weight is 236 g/mol. The molecule has 2 heterocycles. The highest BCUT2D eigenvalue weighted by molar-refractivity contribution is 5.10. The predicted octanol–water partition coefficient (Wildman–Crippen LogP) is 2.93. The largest absolute Gasteiger partial charge is 0.468 e. The molecule has 1 saturated heterocycles. The number of hydrogen-bond donors (Lipinski definition) is 1. The van der Waals surface area contributed by atoms with E-state index >= 15 is 0 Å². The summed E-state index contributed by atoms with van der Waals surface area (Å²) in [5.41, 5.74) is 6.48. The van der Waals surface area contributed by atoms with Gasteiger partial charge in [0, 0.05) is 11.6 Å². The smallest absolute Gasteiger partial charge is 0.122 e. The highest BCUT2D eigenvalue weighted by Gasteiger charge is 2.36. The predicted molar refractivity (Wildman–Crippen MR) is 69.7 cm³/mol. The van der Waals surface area contributed by atoms with Crippen molar-refractivity contribution in [1.82, 2.24) is 4.90 Å². The fourth-order valence-corrected chi connectivity index (χ4v) is 2.77. The SMILES string of the molecule is CC(C)(C)N1CCCCC(N)C1c1ccco1. The molecule has 1 aliphatic rings. The van der Waals surface area contributed by atoms with Crippen LogP contribution in [0.1, 0.15) is 51.8 Å². The highest BCUT2D eigenvalue weighted by atomic mass is 16.3. The summed E-state index contributed by atoms with van der Waals surface area (Å²) in [4.78, 5) is 2.49. The first-order valence-electron chi connectivity index (χ1n) is 6.56. The van der Waals surface area contributed by atoms with Gasteiger partial charge in [0.2, 0.25) is 0 Å². The lowest BCUT2D eigenvalue weighted by molar-refractivity contribution is 0.0633. The van der Waals surface area contributed by atoms with Gasteiger partial charge in [0.25, 0.3) is 0 Å². The van der Waals surface area contributed by atoms with Crippen LogP contribution in [0.25, 0.3) is 0 Å². The van der Waals surface area contributed by atoms with Gasteiger partial charge in [-0.1, -0.05) is 6.42 Å². The van der Waals surface area contributed by atoms with Crippen LogP contribution in [-0.4, -0.2) is 23.0 Å². The van der Waals surface area contributed by atoms with E-state index in [1.54, 1.807) is 6.26 Å². The molecule has 0 aromatic carbocycles. The Balaban J connectivity index is 2.32. The normalized spacial score (nSPS) is 28.0. The fraction of sp³-hybridized carbons (Fsp3) is 0.714. The van der Waals surface area contributed by atoms with Crippen LogP contribution in [0, 0.1) is 0 Å². The van der Waals surface area contributed by atoms with Crippen molar-refractivity contribution in [2.24, 2.45) is 5.73 Å². The molecule has 0 bridgehead atoms. The van der Waals surface area contributed by atoms with Crippen molar-refractivity contribution in [3.8, 4) is 0 Å². The quantitative estimate of drug-likeness (QED) is 0.815. The molecular formula is C14H24N2O. The van der Waals surface area contributed by atoms with Crippen LogP contribution in [-0.2, 0) is 0 Å². The Hall–Kier alpha value is -0.800. The third-order valence-electron chi connectivity index (χ3n) is 3.62. The van der Waals surface area contributed by atoms with Crippen LogP contribution in [0.5, 0.6) is 0 Å². The molecular weight excluding hydrogens is 212 g/mol. The second kappa shape index (κ2) is 4.83. The molecule has 2 N–H and O–H groups in total. The topological polar surface area (TPSA) is 42.4 Å². The van der Waals surface area contributed by atoms with Crippen LogP contribution >= 0.6 is 0 Å². The van der Waals surface area contributed by atoms with Gasteiger partial charge in [-0.15, -0.1) is 0 Å². The number of furan rings is 1. The minimum Gasteiger partial charge on any atom is -0.468 e. The molecule has 1 aromatic rings. The fourth-order valence-electron chi connectivity index (χ4n) is 2.77. The van der Waals surface area contributed by atoms with E-state index in [9.17, 15) is 0 Å². The van der Waals surface area contributed by atoms with Gasteiger partial charge in [0.15, 0.2) is 0 Å². The lowest BCUT2D eigenvalue weighted by atomic mass is 9.96. The van der Waals surface area contributed by atoms with Crippen molar-refractivity contribution in [1.29, 1.82) is 0 Å². The summed E-state index contributed by atoms with van der Waals surface area (Å²) in [6.07, 6.45) is 5.26. The zero-order chi connectivity index (χ0) is 12.5. The summed E-state index contributed by atoms with van der Waals surface area (Å²) in [7, 11) is 0. The molecule has 1 aliphatic heterocycles. The van der Waals surface area contributed by atoms with Crippen LogP contribution in [0.2, 0.25) is 0 Å².